The molecule has 28 heavy (non-hydrogen) atoms. The van der Waals surface area contributed by atoms with E-state index < -0.39 is 0 Å². The van der Waals surface area contributed by atoms with Gasteiger partial charge in [-0.3, -0.25) is 0 Å². The maximum absolute atomic E-state index is 5.24. The Labute approximate surface area is 170 Å². The molecule has 2 heteroatoms. The first kappa shape index (κ1) is 16.5. The van der Waals surface area contributed by atoms with Gasteiger partial charge in [0.2, 0.25) is 0 Å². The van der Waals surface area contributed by atoms with Crippen molar-refractivity contribution in [2.75, 3.05) is 0 Å². The molecule has 0 fully saturated rings. The Hall–Kier alpha value is -2.45. The average molecular weight is 382 g/mol. The molecule has 138 valence electrons. The van der Waals surface area contributed by atoms with Crippen molar-refractivity contribution in [3.05, 3.63) is 75.8 Å². The molecule has 2 heterocycles. The average Bonchev–Trinajstić information content (AvgIpc) is 3.11. The molecule has 0 unspecified atom stereocenters. The first-order valence-corrected chi connectivity index (χ1v) is 11.2. The summed E-state index contributed by atoms with van der Waals surface area (Å²) in [5, 5.41) is 1.44. The summed E-state index contributed by atoms with van der Waals surface area (Å²) in [4.78, 5) is 8.09. The van der Waals surface area contributed by atoms with Crippen LogP contribution < -0.4 is 0 Å². The quantitative estimate of drug-likeness (QED) is 0.349. The first-order valence-electron chi connectivity index (χ1n) is 10.4. The molecular formula is C26H23NS. The van der Waals surface area contributed by atoms with Gasteiger partial charge in [0, 0.05) is 21.4 Å². The Kier molecular flexibility index (Phi) is 3.70. The molecule has 0 N–H and O–H groups in total. The van der Waals surface area contributed by atoms with Crippen LogP contribution in [-0.2, 0) is 25.7 Å². The van der Waals surface area contributed by atoms with Gasteiger partial charge in [0.1, 0.15) is 4.83 Å². The molecule has 2 aliphatic rings. The van der Waals surface area contributed by atoms with Gasteiger partial charge in [-0.05, 0) is 67.7 Å². The lowest BCUT2D eigenvalue weighted by Crippen LogP contribution is -2.08. The summed E-state index contributed by atoms with van der Waals surface area (Å²) in [6.45, 7) is 2.17. The van der Waals surface area contributed by atoms with E-state index in [1.165, 1.54) is 75.0 Å². The molecule has 0 saturated heterocycles. The number of aryl methyl sites for hydroxylation is 5. The van der Waals surface area contributed by atoms with Crippen LogP contribution in [0.4, 0.5) is 0 Å². The molecule has 0 amide bonds. The number of benzene rings is 2. The van der Waals surface area contributed by atoms with Crippen molar-refractivity contribution in [3.63, 3.8) is 0 Å². The van der Waals surface area contributed by atoms with Gasteiger partial charge in [-0.25, -0.2) is 4.98 Å². The Balaban J connectivity index is 1.77. The molecule has 6 rings (SSSR count). The minimum Gasteiger partial charge on any atom is -0.241 e. The third kappa shape index (κ3) is 2.41. The van der Waals surface area contributed by atoms with Crippen LogP contribution in [0, 0.1) is 6.92 Å². The van der Waals surface area contributed by atoms with Gasteiger partial charge in [-0.15, -0.1) is 11.3 Å². The van der Waals surface area contributed by atoms with E-state index in [1.54, 1.807) is 10.4 Å². The lowest BCUT2D eigenvalue weighted by molar-refractivity contribution is 0.700. The largest absolute Gasteiger partial charge is 0.241 e. The fraction of sp³-hybridized carbons (Fsp3) is 0.269. The molecule has 4 aromatic rings. The third-order valence-corrected chi connectivity index (χ3v) is 7.62. The lowest BCUT2D eigenvalue weighted by Gasteiger charge is -2.24. The Morgan fingerprint density at radius 3 is 2.54 bits per heavy atom. The van der Waals surface area contributed by atoms with E-state index >= 15 is 0 Å². The topological polar surface area (TPSA) is 12.9 Å². The van der Waals surface area contributed by atoms with Crippen LogP contribution in [0.1, 0.15) is 40.1 Å². The first-order chi connectivity index (χ1) is 13.8. The molecular weight excluding hydrogens is 358 g/mol. The van der Waals surface area contributed by atoms with Crippen LogP contribution in [0.2, 0.25) is 0 Å². The number of nitrogens with zero attached hydrogens (tertiary/aromatic N) is 1. The van der Waals surface area contributed by atoms with Gasteiger partial charge >= 0.3 is 0 Å². The number of hydrogen-bond acceptors (Lipinski definition) is 2. The highest BCUT2D eigenvalue weighted by Crippen LogP contribution is 2.48. The van der Waals surface area contributed by atoms with Crippen molar-refractivity contribution in [1.29, 1.82) is 0 Å². The molecule has 0 saturated carbocycles. The van der Waals surface area contributed by atoms with Crippen molar-refractivity contribution in [1.82, 2.24) is 4.98 Å². The highest BCUT2D eigenvalue weighted by Gasteiger charge is 2.27. The smallest absolute Gasteiger partial charge is 0.124 e. The summed E-state index contributed by atoms with van der Waals surface area (Å²) in [6.07, 6.45) is 7.20. The van der Waals surface area contributed by atoms with E-state index in [1.807, 2.05) is 11.3 Å². The van der Waals surface area contributed by atoms with Gasteiger partial charge < -0.3 is 0 Å². The fourth-order valence-electron chi connectivity index (χ4n) is 5.05. The second kappa shape index (κ2) is 6.28. The van der Waals surface area contributed by atoms with E-state index in [9.17, 15) is 0 Å². The zero-order valence-electron chi connectivity index (χ0n) is 16.2. The Bertz CT molecular complexity index is 1210. The van der Waals surface area contributed by atoms with Crippen molar-refractivity contribution < 1.29 is 0 Å². The second-order valence-electron chi connectivity index (χ2n) is 8.22. The van der Waals surface area contributed by atoms with E-state index in [-0.39, 0.29) is 0 Å². The summed E-state index contributed by atoms with van der Waals surface area (Å²) in [7, 11) is 0. The molecule has 0 bridgehead atoms. The van der Waals surface area contributed by atoms with Gasteiger partial charge in [0.05, 0.1) is 5.69 Å². The SMILES string of the molecule is Cc1ccc(-c2c3c(nc4sc5c(c24)CCCC5)CCc2ccccc2-3)cc1. The summed E-state index contributed by atoms with van der Waals surface area (Å²) in [6, 6.07) is 18.1. The van der Waals surface area contributed by atoms with Gasteiger partial charge in [-0.2, -0.15) is 0 Å². The maximum atomic E-state index is 5.24. The molecule has 0 aliphatic heterocycles. The third-order valence-electron chi connectivity index (χ3n) is 6.44. The lowest BCUT2D eigenvalue weighted by atomic mass is 9.81. The molecule has 0 atom stereocenters. The van der Waals surface area contributed by atoms with Crippen molar-refractivity contribution in [3.8, 4) is 22.3 Å². The highest BCUT2D eigenvalue weighted by atomic mass is 32.1. The van der Waals surface area contributed by atoms with Crippen molar-refractivity contribution in [2.24, 2.45) is 0 Å². The van der Waals surface area contributed by atoms with E-state index in [4.69, 9.17) is 4.98 Å². The van der Waals surface area contributed by atoms with E-state index in [0.717, 1.165) is 12.8 Å². The number of rotatable bonds is 1. The maximum Gasteiger partial charge on any atom is 0.124 e. The Morgan fingerprint density at radius 2 is 1.64 bits per heavy atom. The van der Waals surface area contributed by atoms with Crippen LogP contribution in [0.25, 0.3) is 32.5 Å². The number of aromatic nitrogens is 1. The molecule has 0 radical (unpaired) electrons. The van der Waals surface area contributed by atoms with Crippen LogP contribution in [0.5, 0.6) is 0 Å². The van der Waals surface area contributed by atoms with Crippen molar-refractivity contribution in [2.45, 2.75) is 45.4 Å². The van der Waals surface area contributed by atoms with E-state index in [2.05, 4.69) is 55.5 Å². The normalized spacial score (nSPS) is 15.2. The van der Waals surface area contributed by atoms with Gasteiger partial charge in [0.25, 0.3) is 0 Å². The fourth-order valence-corrected chi connectivity index (χ4v) is 6.34. The van der Waals surface area contributed by atoms with Gasteiger partial charge in [-0.1, -0.05) is 54.1 Å². The van der Waals surface area contributed by atoms with Crippen molar-refractivity contribution >= 4 is 21.6 Å². The van der Waals surface area contributed by atoms with Crippen LogP contribution >= 0.6 is 11.3 Å². The monoisotopic (exact) mass is 381 g/mol. The predicted octanol–water partition coefficient (Wildman–Crippen LogP) is 6.92. The predicted molar refractivity (Wildman–Crippen MR) is 119 cm³/mol. The Morgan fingerprint density at radius 1 is 0.821 bits per heavy atom. The summed E-state index contributed by atoms with van der Waals surface area (Å²) in [5.41, 5.74) is 11.2. The zero-order chi connectivity index (χ0) is 18.7. The minimum atomic E-state index is 1.05. The molecule has 0 spiro atoms. The number of hydrogen-bond donors (Lipinski definition) is 0. The molecule has 2 aromatic heterocycles. The summed E-state index contributed by atoms with van der Waals surface area (Å²) < 4.78 is 0. The number of pyridine rings is 1. The second-order valence-corrected chi connectivity index (χ2v) is 9.31. The van der Waals surface area contributed by atoms with Crippen LogP contribution in [0.15, 0.2) is 48.5 Å². The highest BCUT2D eigenvalue weighted by molar-refractivity contribution is 7.19. The zero-order valence-corrected chi connectivity index (χ0v) is 17.0. The molecule has 2 aromatic carbocycles. The van der Waals surface area contributed by atoms with Crippen LogP contribution in [0.3, 0.4) is 0 Å². The standard InChI is InChI=1S/C26H23NS/c1-16-10-12-18(13-11-16)23-24-19-7-3-2-6-17(19)14-15-21(24)27-26-25(23)20-8-4-5-9-22(20)28-26/h2-3,6-7,10-13H,4-5,8-9,14-15H2,1H3. The van der Waals surface area contributed by atoms with Gasteiger partial charge in [0.15, 0.2) is 0 Å². The number of thiophene rings is 1. The summed E-state index contributed by atoms with van der Waals surface area (Å²) in [5.74, 6) is 0. The minimum absolute atomic E-state index is 1.05. The van der Waals surface area contributed by atoms with Crippen LogP contribution in [-0.4, -0.2) is 4.98 Å². The van der Waals surface area contributed by atoms with E-state index in [0.29, 0.717) is 0 Å². The number of fused-ring (bicyclic) bond motifs is 6. The molecule has 2 aliphatic carbocycles. The molecule has 1 nitrogen and oxygen atoms in total. The summed E-state index contributed by atoms with van der Waals surface area (Å²) >= 11 is 1.95.